The first kappa shape index (κ1) is 32.8. The number of hydrogen-bond acceptors (Lipinski definition) is 8. The molecule has 4 aromatic carbocycles. The molecule has 9 nitrogen and oxygen atoms in total. The van der Waals surface area contributed by atoms with E-state index in [2.05, 4.69) is 45.2 Å². The van der Waals surface area contributed by atoms with Crippen LogP contribution >= 0.6 is 56.5 Å². The molecule has 0 N–H and O–H groups in total. The van der Waals surface area contributed by atoms with Crippen molar-refractivity contribution in [3.05, 3.63) is 162 Å². The molecule has 0 saturated heterocycles. The van der Waals surface area contributed by atoms with E-state index < -0.39 is 16.9 Å². The number of non-ortho nitro benzene ring substituents is 1. The molecule has 0 spiro atoms. The van der Waals surface area contributed by atoms with E-state index in [-0.39, 0.29) is 24.5 Å². The van der Waals surface area contributed by atoms with Crippen LogP contribution in [0, 0.1) is 17.3 Å². The zero-order valence-electron chi connectivity index (χ0n) is 24.8. The minimum absolute atomic E-state index is 0.0241. The average Bonchev–Trinajstić information content (AvgIpc) is 3.38. The van der Waals surface area contributed by atoms with Crippen molar-refractivity contribution in [2.75, 3.05) is 6.61 Å². The van der Waals surface area contributed by atoms with Crippen molar-refractivity contribution in [2.45, 2.75) is 19.6 Å². The first-order valence-electron chi connectivity index (χ1n) is 14.4. The summed E-state index contributed by atoms with van der Waals surface area (Å²) in [6.07, 6.45) is 1.83. The second kappa shape index (κ2) is 14.3. The highest BCUT2D eigenvalue weighted by Gasteiger charge is 2.35. The lowest BCUT2D eigenvalue weighted by Gasteiger charge is -2.25. The highest BCUT2D eigenvalue weighted by atomic mass is 127. The van der Waals surface area contributed by atoms with Crippen molar-refractivity contribution in [2.24, 2.45) is 4.99 Å². The van der Waals surface area contributed by atoms with E-state index in [0.717, 1.165) is 29.4 Å². The molecule has 0 fully saturated rings. The van der Waals surface area contributed by atoms with Gasteiger partial charge in [-0.25, -0.2) is 9.79 Å². The van der Waals surface area contributed by atoms with Crippen molar-refractivity contribution in [3.63, 3.8) is 0 Å². The van der Waals surface area contributed by atoms with E-state index in [1.807, 2.05) is 78.9 Å². The number of halogens is 2. The van der Waals surface area contributed by atoms with Gasteiger partial charge in [-0.3, -0.25) is 19.5 Å². The molecule has 0 amide bonds. The van der Waals surface area contributed by atoms with Crippen molar-refractivity contribution in [1.29, 1.82) is 0 Å². The number of carbonyl (C=O) groups is 1. The Kier molecular flexibility index (Phi) is 9.98. The predicted molar refractivity (Wildman–Crippen MR) is 197 cm³/mol. The average molecular weight is 869 g/mol. The molecule has 0 bridgehead atoms. The minimum atomic E-state index is -0.737. The summed E-state index contributed by atoms with van der Waals surface area (Å²) in [4.78, 5) is 43.7. The van der Waals surface area contributed by atoms with Crippen LogP contribution in [0.5, 0.6) is 5.75 Å². The summed E-state index contributed by atoms with van der Waals surface area (Å²) >= 11 is 5.66. The molecule has 0 saturated carbocycles. The number of nitro groups is 1. The van der Waals surface area contributed by atoms with Gasteiger partial charge in [0.2, 0.25) is 0 Å². The first-order valence-corrected chi connectivity index (χ1v) is 17.4. The predicted octanol–water partition coefficient (Wildman–Crippen LogP) is 6.63. The fraction of sp³-hybridized carbons (Fsp3) is 0.114. The minimum Gasteiger partial charge on any atom is -0.487 e. The van der Waals surface area contributed by atoms with Gasteiger partial charge in [0, 0.05) is 17.7 Å². The van der Waals surface area contributed by atoms with E-state index in [0.29, 0.717) is 26.4 Å². The van der Waals surface area contributed by atoms with Crippen LogP contribution in [0.3, 0.4) is 0 Å². The van der Waals surface area contributed by atoms with Gasteiger partial charge in [-0.1, -0.05) is 72.0 Å². The van der Waals surface area contributed by atoms with Crippen LogP contribution in [0.2, 0.25) is 0 Å². The number of hydrogen-bond donors (Lipinski definition) is 0. The number of thiazole rings is 1. The molecule has 12 heteroatoms. The summed E-state index contributed by atoms with van der Waals surface area (Å²) < 4.78 is 15.4. The summed E-state index contributed by atoms with van der Waals surface area (Å²) in [7, 11) is 0. The monoisotopic (exact) mass is 869 g/mol. The Morgan fingerprint density at radius 1 is 1.00 bits per heavy atom. The number of aromatic nitrogens is 1. The third-order valence-electron chi connectivity index (χ3n) is 7.34. The maximum absolute atomic E-state index is 14.2. The molecule has 6 rings (SSSR count). The molecular formula is C35H25I2N3O6S. The normalized spacial score (nSPS) is 14.4. The number of nitrogens with zero attached hydrogens (tertiary/aromatic N) is 3. The summed E-state index contributed by atoms with van der Waals surface area (Å²) in [5, 5.41) is 11.0. The van der Waals surface area contributed by atoms with E-state index in [1.165, 1.54) is 23.5 Å². The zero-order valence-corrected chi connectivity index (χ0v) is 29.9. The molecule has 2 heterocycles. The Balaban J connectivity index is 1.42. The fourth-order valence-corrected chi connectivity index (χ4v) is 8.34. The van der Waals surface area contributed by atoms with E-state index >= 15 is 0 Å². The van der Waals surface area contributed by atoms with Crippen LogP contribution in [0.15, 0.2) is 112 Å². The number of esters is 1. The van der Waals surface area contributed by atoms with Crippen molar-refractivity contribution in [1.82, 2.24) is 4.57 Å². The fourth-order valence-electron chi connectivity index (χ4n) is 5.21. The second-order valence-corrected chi connectivity index (χ2v) is 13.7. The van der Waals surface area contributed by atoms with Gasteiger partial charge < -0.3 is 9.47 Å². The summed E-state index contributed by atoms with van der Waals surface area (Å²) in [5.41, 5.74) is 3.67. The van der Waals surface area contributed by atoms with Crippen LogP contribution in [-0.2, 0) is 16.1 Å². The molecule has 1 aliphatic rings. The third-order valence-corrected chi connectivity index (χ3v) is 9.92. The maximum atomic E-state index is 14.2. The van der Waals surface area contributed by atoms with Crippen molar-refractivity contribution >= 4 is 79.9 Å². The molecule has 0 radical (unpaired) electrons. The highest BCUT2D eigenvalue weighted by molar-refractivity contribution is 14.1. The van der Waals surface area contributed by atoms with Gasteiger partial charge in [-0.05, 0) is 99.1 Å². The Labute approximate surface area is 300 Å². The Morgan fingerprint density at radius 2 is 1.64 bits per heavy atom. The Morgan fingerprint density at radius 3 is 2.26 bits per heavy atom. The van der Waals surface area contributed by atoms with E-state index in [9.17, 15) is 19.7 Å². The van der Waals surface area contributed by atoms with Gasteiger partial charge in [0.15, 0.2) is 4.80 Å². The van der Waals surface area contributed by atoms with Crippen LogP contribution in [-0.4, -0.2) is 22.1 Å². The maximum Gasteiger partial charge on any atom is 0.338 e. The number of rotatable bonds is 9. The number of nitro benzene ring substituents is 1. The van der Waals surface area contributed by atoms with Gasteiger partial charge in [0.05, 0.1) is 40.5 Å². The van der Waals surface area contributed by atoms with E-state index in [4.69, 9.17) is 14.5 Å². The molecule has 0 aliphatic carbocycles. The van der Waals surface area contributed by atoms with Gasteiger partial charge in [0.1, 0.15) is 12.4 Å². The zero-order chi connectivity index (χ0) is 33.1. The van der Waals surface area contributed by atoms with Crippen LogP contribution in [0.4, 0.5) is 5.69 Å². The molecular weight excluding hydrogens is 844 g/mol. The van der Waals surface area contributed by atoms with Gasteiger partial charge in [-0.15, -0.1) is 0 Å². The lowest BCUT2D eigenvalue weighted by molar-refractivity contribution is -0.384. The smallest absolute Gasteiger partial charge is 0.338 e. The van der Waals surface area contributed by atoms with Crippen LogP contribution in [0.1, 0.15) is 35.2 Å². The Bertz CT molecular complexity index is 2180. The van der Waals surface area contributed by atoms with Crippen LogP contribution in [0.25, 0.3) is 11.8 Å². The molecule has 5 aromatic rings. The molecule has 236 valence electrons. The molecule has 1 atom stereocenters. The first-order chi connectivity index (χ1) is 22.7. The summed E-state index contributed by atoms with van der Waals surface area (Å²) in [5.74, 6) is 0.158. The SMILES string of the molecule is CCOC(=O)C1=C(c2ccccc2)N=c2s/c(=C\c3cc(I)c(OCc4ccc([N+](=O)[O-])cc4)c(I)c3)c(=O)n2[C@@H]1c1ccccc1. The number of benzene rings is 4. The standard InChI is InChI=1S/C35H25I2N3O6S/c1-2-45-34(42)29-30(23-9-5-3-6-10-23)38-35-39(31(29)24-11-7-4-8-12-24)33(41)28(47-35)19-22-17-26(36)32(27(37)18-22)46-20-21-13-15-25(16-14-21)40(43)44/h3-19,31H,2,20H2,1H3/b28-19-/t31-/m1/s1. The number of carbonyl (C=O) groups excluding carboxylic acids is 1. The molecule has 0 unspecified atom stereocenters. The number of ether oxygens (including phenoxy) is 2. The lowest BCUT2D eigenvalue weighted by atomic mass is 9.93. The summed E-state index contributed by atoms with van der Waals surface area (Å²) in [6, 6.07) is 28.3. The lowest BCUT2D eigenvalue weighted by Crippen LogP contribution is -2.40. The van der Waals surface area contributed by atoms with Crippen molar-refractivity contribution < 1.29 is 19.2 Å². The largest absolute Gasteiger partial charge is 0.487 e. The van der Waals surface area contributed by atoms with Crippen molar-refractivity contribution in [3.8, 4) is 5.75 Å². The Hall–Kier alpha value is -4.15. The van der Waals surface area contributed by atoms with Crippen LogP contribution < -0.4 is 19.6 Å². The van der Waals surface area contributed by atoms with Gasteiger partial charge >= 0.3 is 5.97 Å². The topological polar surface area (TPSA) is 113 Å². The third kappa shape index (κ3) is 6.94. The van der Waals surface area contributed by atoms with Gasteiger partial charge in [-0.2, -0.15) is 0 Å². The number of fused-ring (bicyclic) bond motifs is 1. The quantitative estimate of drug-likeness (QED) is 0.0712. The van der Waals surface area contributed by atoms with E-state index in [1.54, 1.807) is 23.6 Å². The van der Waals surface area contributed by atoms with Gasteiger partial charge in [0.25, 0.3) is 11.2 Å². The second-order valence-electron chi connectivity index (χ2n) is 10.4. The summed E-state index contributed by atoms with van der Waals surface area (Å²) in [6.45, 7) is 2.18. The molecule has 1 aromatic heterocycles. The molecule has 1 aliphatic heterocycles. The highest BCUT2D eigenvalue weighted by Crippen LogP contribution is 2.35. The molecule has 47 heavy (non-hydrogen) atoms.